The predicted molar refractivity (Wildman–Crippen MR) is 77.1 cm³/mol. The largest absolute Gasteiger partial charge is 0.496 e. The van der Waals surface area contributed by atoms with E-state index >= 15 is 0 Å². The zero-order chi connectivity index (χ0) is 14.0. The van der Waals surface area contributed by atoms with Crippen molar-refractivity contribution in [2.24, 2.45) is 0 Å². The fourth-order valence-corrected chi connectivity index (χ4v) is 4.96. The van der Waals surface area contributed by atoms with E-state index in [4.69, 9.17) is 4.74 Å². The molecule has 0 bridgehead atoms. The molecule has 106 valence electrons. The maximum Gasteiger partial charge on any atom is 0.156 e. The van der Waals surface area contributed by atoms with Crippen molar-refractivity contribution in [1.29, 1.82) is 0 Å². The molecule has 1 aromatic rings. The van der Waals surface area contributed by atoms with Crippen molar-refractivity contribution in [3.8, 4) is 5.75 Å². The van der Waals surface area contributed by atoms with Crippen LogP contribution in [0.5, 0.6) is 5.75 Å². The number of benzene rings is 1. The molecule has 0 aromatic heterocycles. The summed E-state index contributed by atoms with van der Waals surface area (Å²) in [4.78, 5) is 0. The molecule has 1 fully saturated rings. The summed E-state index contributed by atoms with van der Waals surface area (Å²) < 4.78 is 29.8. The van der Waals surface area contributed by atoms with Crippen LogP contribution in [-0.4, -0.2) is 31.6 Å². The van der Waals surface area contributed by atoms with Crippen LogP contribution < -0.4 is 4.74 Å². The number of aliphatic hydroxyl groups excluding tert-OH is 1. The van der Waals surface area contributed by atoms with E-state index in [1.54, 1.807) is 25.3 Å². The molecule has 2 rings (SSSR count). The number of halogens is 1. The van der Waals surface area contributed by atoms with Crippen LogP contribution in [0.1, 0.15) is 30.9 Å². The van der Waals surface area contributed by atoms with Gasteiger partial charge in [-0.15, -0.1) is 0 Å². The minimum atomic E-state index is -3.20. The molecule has 1 saturated heterocycles. The molecule has 0 amide bonds. The summed E-state index contributed by atoms with van der Waals surface area (Å²) in [5.41, 5.74) is 0.600. The topological polar surface area (TPSA) is 63.6 Å². The minimum Gasteiger partial charge on any atom is -0.496 e. The van der Waals surface area contributed by atoms with Gasteiger partial charge in [0.15, 0.2) is 9.84 Å². The summed E-state index contributed by atoms with van der Waals surface area (Å²) in [7, 11) is -1.64. The molecular formula is C13H17BrO4S. The quantitative estimate of drug-likeness (QED) is 0.911. The highest BCUT2D eigenvalue weighted by Gasteiger charge is 2.35. The number of hydrogen-bond donors (Lipinski definition) is 1. The summed E-state index contributed by atoms with van der Waals surface area (Å²) in [5.74, 6) is 0.828. The Morgan fingerprint density at radius 3 is 2.74 bits per heavy atom. The summed E-state index contributed by atoms with van der Waals surface area (Å²) in [6.07, 6.45) is 1.08. The van der Waals surface area contributed by atoms with Crippen LogP contribution in [0.15, 0.2) is 22.7 Å². The first-order valence-corrected chi connectivity index (χ1v) is 8.69. The molecule has 0 spiro atoms. The number of ether oxygens (including phenoxy) is 1. The molecule has 1 aromatic carbocycles. The van der Waals surface area contributed by atoms with Crippen LogP contribution in [-0.2, 0) is 9.84 Å². The lowest BCUT2D eigenvalue weighted by molar-refractivity contribution is 0.164. The van der Waals surface area contributed by atoms with Gasteiger partial charge in [-0.05, 0) is 46.5 Å². The normalized spacial score (nSPS) is 23.8. The number of methoxy groups -OCH3 is 1. The van der Waals surface area contributed by atoms with Crippen molar-refractivity contribution in [2.75, 3.05) is 12.9 Å². The lowest BCUT2D eigenvalue weighted by atomic mass is 10.0. The number of hydrogen-bond acceptors (Lipinski definition) is 4. The second-order valence-electron chi connectivity index (χ2n) is 4.74. The van der Waals surface area contributed by atoms with E-state index in [2.05, 4.69) is 15.9 Å². The molecule has 1 aliphatic heterocycles. The molecule has 0 radical (unpaired) electrons. The number of sulfone groups is 1. The lowest BCUT2D eigenvalue weighted by Gasteiger charge is -2.27. The molecule has 2 atom stereocenters. The van der Waals surface area contributed by atoms with Gasteiger partial charge in [0.25, 0.3) is 0 Å². The van der Waals surface area contributed by atoms with Crippen molar-refractivity contribution < 1.29 is 18.3 Å². The van der Waals surface area contributed by atoms with Crippen molar-refractivity contribution in [3.05, 3.63) is 28.2 Å². The summed E-state index contributed by atoms with van der Waals surface area (Å²) in [5, 5.41) is 9.64. The van der Waals surface area contributed by atoms with E-state index in [-0.39, 0.29) is 5.75 Å². The first kappa shape index (κ1) is 14.8. The zero-order valence-corrected chi connectivity index (χ0v) is 13.1. The molecule has 4 nitrogen and oxygen atoms in total. The number of aliphatic hydroxyl groups is 1. The van der Waals surface area contributed by atoms with Gasteiger partial charge in [-0.2, -0.15) is 0 Å². The Labute approximate surface area is 121 Å². The highest BCUT2D eigenvalue weighted by Crippen LogP contribution is 2.34. The van der Waals surface area contributed by atoms with E-state index in [0.29, 0.717) is 28.6 Å². The Kier molecular flexibility index (Phi) is 4.53. The van der Waals surface area contributed by atoms with Crippen molar-refractivity contribution in [1.82, 2.24) is 0 Å². The van der Waals surface area contributed by atoms with Gasteiger partial charge in [0.1, 0.15) is 5.75 Å². The molecule has 1 heterocycles. The highest BCUT2D eigenvalue weighted by molar-refractivity contribution is 9.10. The van der Waals surface area contributed by atoms with Crippen LogP contribution in [0.25, 0.3) is 0 Å². The predicted octanol–water partition coefficient (Wildman–Crippen LogP) is 2.46. The SMILES string of the molecule is COc1ccc(C(O)C2CCCCS2(=O)=O)cc1Br. The van der Waals surface area contributed by atoms with E-state index in [1.165, 1.54) is 0 Å². The molecule has 6 heteroatoms. The van der Waals surface area contributed by atoms with Gasteiger partial charge in [-0.1, -0.05) is 12.5 Å². The Bertz CT molecular complexity index is 556. The second kappa shape index (κ2) is 5.81. The number of rotatable bonds is 3. The summed E-state index contributed by atoms with van der Waals surface area (Å²) >= 11 is 3.34. The average molecular weight is 349 g/mol. The molecule has 1 aliphatic rings. The van der Waals surface area contributed by atoms with E-state index in [1.807, 2.05) is 0 Å². The Morgan fingerprint density at radius 2 is 2.16 bits per heavy atom. The van der Waals surface area contributed by atoms with Gasteiger partial charge in [0, 0.05) is 0 Å². The van der Waals surface area contributed by atoms with Crippen molar-refractivity contribution >= 4 is 25.8 Å². The summed E-state index contributed by atoms with van der Waals surface area (Å²) in [6, 6.07) is 5.14. The first-order chi connectivity index (χ1) is 8.95. The fourth-order valence-electron chi connectivity index (χ4n) is 2.42. The Hall–Kier alpha value is -0.590. The second-order valence-corrected chi connectivity index (χ2v) is 7.93. The zero-order valence-electron chi connectivity index (χ0n) is 10.7. The summed E-state index contributed by atoms with van der Waals surface area (Å²) in [6.45, 7) is 0. The van der Waals surface area contributed by atoms with Crippen molar-refractivity contribution in [2.45, 2.75) is 30.6 Å². The standard InChI is InChI=1S/C13H17BrO4S/c1-18-11-6-5-9(8-10(11)14)13(15)12-4-2-3-7-19(12,16)17/h5-6,8,12-13,15H,2-4,7H2,1H3. The van der Waals surface area contributed by atoms with Crippen LogP contribution >= 0.6 is 15.9 Å². The van der Waals surface area contributed by atoms with Crippen molar-refractivity contribution in [3.63, 3.8) is 0 Å². The molecule has 19 heavy (non-hydrogen) atoms. The molecular weight excluding hydrogens is 332 g/mol. The molecule has 2 unspecified atom stereocenters. The van der Waals surface area contributed by atoms with Crippen LogP contribution in [0, 0.1) is 0 Å². The van der Waals surface area contributed by atoms with E-state index in [9.17, 15) is 13.5 Å². The van der Waals surface area contributed by atoms with Crippen LogP contribution in [0.2, 0.25) is 0 Å². The Balaban J connectivity index is 2.28. The van der Waals surface area contributed by atoms with Crippen LogP contribution in [0.4, 0.5) is 0 Å². The van der Waals surface area contributed by atoms with Gasteiger partial charge in [-0.3, -0.25) is 0 Å². The van der Waals surface area contributed by atoms with Gasteiger partial charge in [0.05, 0.1) is 28.7 Å². The van der Waals surface area contributed by atoms with Gasteiger partial charge < -0.3 is 9.84 Å². The molecule has 1 N–H and O–H groups in total. The lowest BCUT2D eigenvalue weighted by Crippen LogP contribution is -2.33. The maximum absolute atomic E-state index is 12.0. The monoisotopic (exact) mass is 348 g/mol. The minimum absolute atomic E-state index is 0.173. The maximum atomic E-state index is 12.0. The molecule has 0 aliphatic carbocycles. The first-order valence-electron chi connectivity index (χ1n) is 6.19. The van der Waals surface area contributed by atoms with Crippen LogP contribution in [0.3, 0.4) is 0 Å². The van der Waals surface area contributed by atoms with Gasteiger partial charge >= 0.3 is 0 Å². The van der Waals surface area contributed by atoms with E-state index < -0.39 is 21.2 Å². The smallest absolute Gasteiger partial charge is 0.156 e. The average Bonchev–Trinajstić information content (AvgIpc) is 2.37. The van der Waals surface area contributed by atoms with E-state index in [0.717, 1.165) is 6.42 Å². The van der Waals surface area contributed by atoms with Gasteiger partial charge in [-0.25, -0.2) is 8.42 Å². The third-order valence-electron chi connectivity index (χ3n) is 3.50. The Morgan fingerprint density at radius 1 is 1.42 bits per heavy atom. The third kappa shape index (κ3) is 3.12. The molecule has 0 saturated carbocycles. The third-order valence-corrected chi connectivity index (χ3v) is 6.39. The fraction of sp³-hybridized carbons (Fsp3) is 0.538. The van der Waals surface area contributed by atoms with Gasteiger partial charge in [0.2, 0.25) is 0 Å². The highest BCUT2D eigenvalue weighted by atomic mass is 79.9.